The van der Waals surface area contributed by atoms with Gasteiger partial charge in [-0.05, 0) is 42.0 Å². The standard InChI is InChI=1S/C22H22O4/c1-24-19-13-11-18(12-14-19)15-26-22-20(23)16-25-21(22)10-6-5-9-17-7-3-2-4-8-17/h2-4,6-8,10-14,20-23H,15-16H2,1H3/b10-6+/t20-,21+,22-/m1/s1. The molecule has 1 aliphatic heterocycles. The van der Waals surface area contributed by atoms with E-state index in [-0.39, 0.29) is 12.7 Å². The smallest absolute Gasteiger partial charge is 0.118 e. The number of aliphatic hydroxyl groups excluding tert-OH is 1. The van der Waals surface area contributed by atoms with E-state index >= 15 is 0 Å². The van der Waals surface area contributed by atoms with Gasteiger partial charge >= 0.3 is 0 Å². The zero-order valence-electron chi connectivity index (χ0n) is 14.7. The van der Waals surface area contributed by atoms with Gasteiger partial charge in [0.15, 0.2) is 0 Å². The van der Waals surface area contributed by atoms with E-state index in [4.69, 9.17) is 14.2 Å². The Morgan fingerprint density at radius 3 is 2.65 bits per heavy atom. The zero-order chi connectivity index (χ0) is 18.2. The molecule has 0 unspecified atom stereocenters. The van der Waals surface area contributed by atoms with Crippen molar-refractivity contribution in [3.8, 4) is 17.6 Å². The maximum Gasteiger partial charge on any atom is 0.118 e. The molecule has 134 valence electrons. The number of hydrogen-bond donors (Lipinski definition) is 1. The minimum atomic E-state index is -0.648. The largest absolute Gasteiger partial charge is 0.497 e. The monoisotopic (exact) mass is 350 g/mol. The highest BCUT2D eigenvalue weighted by Gasteiger charge is 2.35. The van der Waals surface area contributed by atoms with Gasteiger partial charge in [-0.25, -0.2) is 0 Å². The van der Waals surface area contributed by atoms with Crippen molar-refractivity contribution in [1.82, 2.24) is 0 Å². The van der Waals surface area contributed by atoms with Gasteiger partial charge in [-0.2, -0.15) is 0 Å². The van der Waals surface area contributed by atoms with Crippen molar-refractivity contribution in [3.05, 3.63) is 77.9 Å². The lowest BCUT2D eigenvalue weighted by Crippen LogP contribution is -2.32. The highest BCUT2D eigenvalue weighted by atomic mass is 16.6. The van der Waals surface area contributed by atoms with Crippen LogP contribution in [0.1, 0.15) is 11.1 Å². The molecule has 3 rings (SSSR count). The van der Waals surface area contributed by atoms with Gasteiger partial charge in [0, 0.05) is 5.56 Å². The van der Waals surface area contributed by atoms with Gasteiger partial charge in [0.05, 0.1) is 20.3 Å². The minimum absolute atomic E-state index is 0.258. The topological polar surface area (TPSA) is 47.9 Å². The van der Waals surface area contributed by atoms with Crippen LogP contribution in [0.4, 0.5) is 0 Å². The molecule has 0 aliphatic carbocycles. The van der Waals surface area contributed by atoms with Crippen molar-refractivity contribution in [1.29, 1.82) is 0 Å². The first-order valence-corrected chi connectivity index (χ1v) is 8.54. The van der Waals surface area contributed by atoms with Crippen LogP contribution in [0.2, 0.25) is 0 Å². The molecule has 2 aromatic carbocycles. The molecular weight excluding hydrogens is 328 g/mol. The number of aliphatic hydroxyl groups is 1. The third kappa shape index (κ3) is 4.96. The average Bonchev–Trinajstić information content (AvgIpc) is 3.04. The fraction of sp³-hybridized carbons (Fsp3) is 0.273. The van der Waals surface area contributed by atoms with E-state index in [1.807, 2.05) is 60.7 Å². The molecule has 3 atom stereocenters. The predicted molar refractivity (Wildman–Crippen MR) is 99.8 cm³/mol. The van der Waals surface area contributed by atoms with Crippen LogP contribution in [0.15, 0.2) is 66.7 Å². The van der Waals surface area contributed by atoms with Crippen molar-refractivity contribution < 1.29 is 19.3 Å². The van der Waals surface area contributed by atoms with E-state index in [9.17, 15) is 5.11 Å². The Morgan fingerprint density at radius 2 is 1.92 bits per heavy atom. The van der Waals surface area contributed by atoms with E-state index in [1.54, 1.807) is 13.2 Å². The second-order valence-corrected chi connectivity index (χ2v) is 5.98. The molecule has 0 saturated carbocycles. The summed E-state index contributed by atoms with van der Waals surface area (Å²) >= 11 is 0. The quantitative estimate of drug-likeness (QED) is 0.843. The molecule has 0 spiro atoms. The summed E-state index contributed by atoms with van der Waals surface area (Å²) in [6.07, 6.45) is 2.22. The summed E-state index contributed by atoms with van der Waals surface area (Å²) in [6.45, 7) is 0.656. The number of benzene rings is 2. The number of methoxy groups -OCH3 is 1. The second-order valence-electron chi connectivity index (χ2n) is 5.98. The van der Waals surface area contributed by atoms with Crippen molar-refractivity contribution in [3.63, 3.8) is 0 Å². The van der Waals surface area contributed by atoms with Gasteiger partial charge in [0.1, 0.15) is 24.1 Å². The van der Waals surface area contributed by atoms with Crippen LogP contribution in [0, 0.1) is 11.8 Å². The lowest BCUT2D eigenvalue weighted by molar-refractivity contribution is -0.0338. The van der Waals surface area contributed by atoms with Crippen molar-refractivity contribution in [2.24, 2.45) is 0 Å². The third-order valence-corrected chi connectivity index (χ3v) is 4.12. The third-order valence-electron chi connectivity index (χ3n) is 4.12. The summed E-state index contributed by atoms with van der Waals surface area (Å²) in [5.41, 5.74) is 1.97. The molecular formula is C22H22O4. The van der Waals surface area contributed by atoms with Gasteiger partial charge in [-0.15, -0.1) is 0 Å². The highest BCUT2D eigenvalue weighted by Crippen LogP contribution is 2.21. The molecule has 1 heterocycles. The van der Waals surface area contributed by atoms with Crippen LogP contribution in [0.3, 0.4) is 0 Å². The molecule has 26 heavy (non-hydrogen) atoms. The van der Waals surface area contributed by atoms with E-state index in [0.29, 0.717) is 6.61 Å². The SMILES string of the molecule is COc1ccc(CO[C@@H]2[C@H](O)CO[C@H]2/C=C/C#Cc2ccccc2)cc1. The Balaban J connectivity index is 1.57. The van der Waals surface area contributed by atoms with Gasteiger partial charge in [-0.1, -0.05) is 42.2 Å². The Hall–Kier alpha value is -2.58. The molecule has 2 aromatic rings. The lowest BCUT2D eigenvalue weighted by Gasteiger charge is -2.18. The first-order valence-electron chi connectivity index (χ1n) is 8.54. The predicted octanol–water partition coefficient (Wildman–Crippen LogP) is 2.95. The summed E-state index contributed by atoms with van der Waals surface area (Å²) in [5.74, 6) is 6.85. The molecule has 1 N–H and O–H groups in total. The molecule has 4 heteroatoms. The fourth-order valence-electron chi connectivity index (χ4n) is 2.69. The highest BCUT2D eigenvalue weighted by molar-refractivity contribution is 5.36. The van der Waals surface area contributed by atoms with E-state index in [0.717, 1.165) is 16.9 Å². The Labute approximate surface area is 154 Å². The lowest BCUT2D eigenvalue weighted by atomic mass is 10.1. The van der Waals surface area contributed by atoms with Crippen LogP contribution >= 0.6 is 0 Å². The maximum absolute atomic E-state index is 10.1. The molecule has 0 bridgehead atoms. The molecule has 0 aromatic heterocycles. The van der Waals surface area contributed by atoms with Gasteiger partial charge < -0.3 is 19.3 Å². The number of allylic oxidation sites excluding steroid dienone is 1. The Bertz CT molecular complexity index is 771. The van der Waals surface area contributed by atoms with Crippen LogP contribution in [-0.4, -0.2) is 37.1 Å². The Morgan fingerprint density at radius 1 is 1.15 bits per heavy atom. The first-order chi connectivity index (χ1) is 12.8. The fourth-order valence-corrected chi connectivity index (χ4v) is 2.69. The molecule has 0 amide bonds. The van der Waals surface area contributed by atoms with Crippen LogP contribution in [0.5, 0.6) is 5.75 Å². The second kappa shape index (κ2) is 9.21. The summed E-state index contributed by atoms with van der Waals surface area (Å²) in [7, 11) is 1.63. The van der Waals surface area contributed by atoms with Crippen LogP contribution in [-0.2, 0) is 16.1 Å². The van der Waals surface area contributed by atoms with Gasteiger partial charge in [0.2, 0.25) is 0 Å². The van der Waals surface area contributed by atoms with Gasteiger partial charge in [-0.3, -0.25) is 0 Å². The summed E-state index contributed by atoms with van der Waals surface area (Å²) in [6, 6.07) is 17.4. The number of ether oxygens (including phenoxy) is 3. The number of hydrogen-bond acceptors (Lipinski definition) is 4. The molecule has 1 aliphatic rings. The maximum atomic E-state index is 10.1. The number of rotatable bonds is 5. The molecule has 1 fully saturated rings. The Kier molecular flexibility index (Phi) is 6.45. The van der Waals surface area contributed by atoms with Gasteiger partial charge in [0.25, 0.3) is 0 Å². The van der Waals surface area contributed by atoms with E-state index in [2.05, 4.69) is 11.8 Å². The summed E-state index contributed by atoms with van der Waals surface area (Å²) < 4.78 is 16.6. The molecule has 4 nitrogen and oxygen atoms in total. The van der Waals surface area contributed by atoms with Crippen LogP contribution < -0.4 is 4.74 Å². The summed E-state index contributed by atoms with van der Waals surface area (Å²) in [4.78, 5) is 0. The molecule has 0 radical (unpaired) electrons. The minimum Gasteiger partial charge on any atom is -0.497 e. The normalized spacial score (nSPS) is 22.2. The van der Waals surface area contributed by atoms with Crippen molar-refractivity contribution in [2.45, 2.75) is 24.9 Å². The molecule has 1 saturated heterocycles. The zero-order valence-corrected chi connectivity index (χ0v) is 14.7. The van der Waals surface area contributed by atoms with Crippen molar-refractivity contribution >= 4 is 0 Å². The van der Waals surface area contributed by atoms with E-state index in [1.165, 1.54) is 0 Å². The summed E-state index contributed by atoms with van der Waals surface area (Å²) in [5, 5.41) is 10.1. The first kappa shape index (κ1) is 18.2. The average molecular weight is 350 g/mol. The van der Waals surface area contributed by atoms with Crippen molar-refractivity contribution in [2.75, 3.05) is 13.7 Å². The van der Waals surface area contributed by atoms with Crippen LogP contribution in [0.25, 0.3) is 0 Å². The van der Waals surface area contributed by atoms with E-state index < -0.39 is 12.2 Å².